The topological polar surface area (TPSA) is 73.5 Å². The van der Waals surface area contributed by atoms with Gasteiger partial charge in [0, 0.05) is 45.0 Å². The van der Waals surface area contributed by atoms with Gasteiger partial charge in [-0.3, -0.25) is 14.5 Å². The fourth-order valence-corrected chi connectivity index (χ4v) is 2.70. The predicted octanol–water partition coefficient (Wildman–Crippen LogP) is -0.745. The first-order chi connectivity index (χ1) is 8.25. The highest BCUT2D eigenvalue weighted by Crippen LogP contribution is 2.12. The zero-order valence-corrected chi connectivity index (χ0v) is 11.7. The average molecular weight is 295 g/mol. The number of amides is 2. The highest BCUT2D eigenvalue weighted by Gasteiger charge is 2.27. The summed E-state index contributed by atoms with van der Waals surface area (Å²) in [5.74, 6) is 0.469. The van der Waals surface area contributed by atoms with E-state index >= 15 is 0 Å². The first-order valence-electron chi connectivity index (χ1n) is 5.90. The van der Waals surface area contributed by atoms with Crippen molar-refractivity contribution in [3.8, 4) is 0 Å². The van der Waals surface area contributed by atoms with E-state index in [2.05, 4.69) is 20.9 Å². The van der Waals surface area contributed by atoms with Gasteiger partial charge in [-0.2, -0.15) is 0 Å². The van der Waals surface area contributed by atoms with Gasteiger partial charge in [0.15, 0.2) is 0 Å². The van der Waals surface area contributed by atoms with Gasteiger partial charge >= 0.3 is 0 Å². The van der Waals surface area contributed by atoms with E-state index in [0.29, 0.717) is 12.3 Å². The van der Waals surface area contributed by atoms with Crippen LogP contribution in [0.1, 0.15) is 0 Å². The molecular formula is C10H19ClN4O2S. The number of halogens is 1. The number of nitrogens with zero attached hydrogens (tertiary/aromatic N) is 1. The van der Waals surface area contributed by atoms with Crippen LogP contribution in [-0.2, 0) is 4.79 Å². The van der Waals surface area contributed by atoms with Crippen LogP contribution in [0.2, 0.25) is 0 Å². The summed E-state index contributed by atoms with van der Waals surface area (Å²) in [6.45, 7) is 5.63. The number of carbonyl (C=O) groups excluding carboxylic acids is 2. The number of thioether (sulfide) groups is 1. The van der Waals surface area contributed by atoms with Gasteiger partial charge in [0.2, 0.25) is 5.91 Å². The summed E-state index contributed by atoms with van der Waals surface area (Å²) in [7, 11) is 0. The summed E-state index contributed by atoms with van der Waals surface area (Å²) < 4.78 is 0. The smallest absolute Gasteiger partial charge is 0.279 e. The van der Waals surface area contributed by atoms with Crippen LogP contribution in [0.5, 0.6) is 0 Å². The second-order valence-corrected chi connectivity index (χ2v) is 5.17. The van der Waals surface area contributed by atoms with E-state index in [1.54, 1.807) is 0 Å². The Labute approximate surface area is 117 Å². The molecular weight excluding hydrogens is 276 g/mol. The van der Waals surface area contributed by atoms with Crippen molar-refractivity contribution in [2.75, 3.05) is 45.0 Å². The highest BCUT2D eigenvalue weighted by atomic mass is 35.5. The minimum Gasteiger partial charge on any atom is -0.353 e. The Bertz CT molecular complexity index is 300. The van der Waals surface area contributed by atoms with Gasteiger partial charge < -0.3 is 16.0 Å². The van der Waals surface area contributed by atoms with E-state index < -0.39 is 0 Å². The van der Waals surface area contributed by atoms with Crippen molar-refractivity contribution in [1.29, 1.82) is 0 Å². The first-order valence-corrected chi connectivity index (χ1v) is 6.88. The van der Waals surface area contributed by atoms with Crippen LogP contribution < -0.4 is 16.0 Å². The van der Waals surface area contributed by atoms with Crippen molar-refractivity contribution in [3.05, 3.63) is 0 Å². The maximum absolute atomic E-state index is 11.7. The van der Waals surface area contributed by atoms with Gasteiger partial charge in [0.25, 0.3) is 5.24 Å². The van der Waals surface area contributed by atoms with Gasteiger partial charge in [-0.15, -0.1) is 12.4 Å². The Morgan fingerprint density at radius 3 is 2.78 bits per heavy atom. The van der Waals surface area contributed by atoms with Crippen molar-refractivity contribution < 1.29 is 9.59 Å². The zero-order chi connectivity index (χ0) is 12.1. The molecule has 0 bridgehead atoms. The molecule has 2 amide bonds. The molecule has 2 aliphatic heterocycles. The lowest BCUT2D eigenvalue weighted by atomic mass is 10.3. The maximum atomic E-state index is 11.7. The SMILES string of the molecule is Cl.O=C1N[C@H](C(=O)NCCN2CCNCC2)CS1. The van der Waals surface area contributed by atoms with E-state index in [9.17, 15) is 9.59 Å². The quantitative estimate of drug-likeness (QED) is 0.637. The molecule has 3 N–H and O–H groups in total. The van der Waals surface area contributed by atoms with Crippen LogP contribution in [0.4, 0.5) is 4.79 Å². The van der Waals surface area contributed by atoms with Crippen molar-refractivity contribution in [2.45, 2.75) is 6.04 Å². The molecule has 0 saturated carbocycles. The minimum atomic E-state index is -0.351. The summed E-state index contributed by atoms with van der Waals surface area (Å²) >= 11 is 1.17. The molecule has 0 aromatic carbocycles. The van der Waals surface area contributed by atoms with Crippen LogP contribution in [0.3, 0.4) is 0 Å². The van der Waals surface area contributed by atoms with Gasteiger partial charge in [-0.1, -0.05) is 11.8 Å². The Morgan fingerprint density at radius 2 is 2.17 bits per heavy atom. The second kappa shape index (κ2) is 7.83. The zero-order valence-electron chi connectivity index (χ0n) is 10.1. The number of rotatable bonds is 4. The van der Waals surface area contributed by atoms with Crippen LogP contribution in [0.25, 0.3) is 0 Å². The second-order valence-electron chi connectivity index (χ2n) is 4.18. The maximum Gasteiger partial charge on any atom is 0.279 e. The number of piperazine rings is 1. The molecule has 0 spiro atoms. The van der Waals surface area contributed by atoms with Crippen molar-refractivity contribution in [2.24, 2.45) is 0 Å². The molecule has 0 aromatic rings. The number of hydrogen-bond acceptors (Lipinski definition) is 5. The lowest BCUT2D eigenvalue weighted by molar-refractivity contribution is -0.122. The molecule has 2 fully saturated rings. The molecule has 18 heavy (non-hydrogen) atoms. The van der Waals surface area contributed by atoms with E-state index in [-0.39, 0.29) is 29.6 Å². The summed E-state index contributed by atoms with van der Waals surface area (Å²) in [5.41, 5.74) is 0. The van der Waals surface area contributed by atoms with Crippen molar-refractivity contribution >= 4 is 35.3 Å². The van der Waals surface area contributed by atoms with E-state index in [1.165, 1.54) is 11.8 Å². The van der Waals surface area contributed by atoms with Crippen LogP contribution in [0.15, 0.2) is 0 Å². The predicted molar refractivity (Wildman–Crippen MR) is 74.3 cm³/mol. The highest BCUT2D eigenvalue weighted by molar-refractivity contribution is 8.14. The van der Waals surface area contributed by atoms with Crippen molar-refractivity contribution in [3.63, 3.8) is 0 Å². The summed E-state index contributed by atoms with van der Waals surface area (Å²) in [6, 6.07) is -0.351. The third kappa shape index (κ3) is 4.64. The minimum absolute atomic E-state index is 0. The fraction of sp³-hybridized carbons (Fsp3) is 0.800. The molecule has 0 unspecified atom stereocenters. The molecule has 104 valence electrons. The normalized spacial score (nSPS) is 24.2. The summed E-state index contributed by atoms with van der Waals surface area (Å²) in [4.78, 5) is 24.9. The van der Waals surface area contributed by atoms with Gasteiger partial charge in [0.05, 0.1) is 0 Å². The monoisotopic (exact) mass is 294 g/mol. The van der Waals surface area contributed by atoms with Gasteiger partial charge in [-0.25, -0.2) is 0 Å². The molecule has 0 radical (unpaired) electrons. The summed E-state index contributed by atoms with van der Waals surface area (Å²) in [6.07, 6.45) is 0. The third-order valence-electron chi connectivity index (χ3n) is 2.93. The molecule has 0 aliphatic carbocycles. The van der Waals surface area contributed by atoms with Crippen molar-refractivity contribution in [1.82, 2.24) is 20.9 Å². The van der Waals surface area contributed by atoms with Crippen LogP contribution >= 0.6 is 24.2 Å². The van der Waals surface area contributed by atoms with Gasteiger partial charge in [-0.05, 0) is 0 Å². The van der Waals surface area contributed by atoms with E-state index in [1.807, 2.05) is 0 Å². The lowest BCUT2D eigenvalue weighted by Gasteiger charge is -2.27. The molecule has 0 aromatic heterocycles. The fourth-order valence-electron chi connectivity index (χ4n) is 1.92. The molecule has 2 heterocycles. The Hall–Kier alpha value is -0.500. The lowest BCUT2D eigenvalue weighted by Crippen LogP contribution is -2.48. The largest absolute Gasteiger partial charge is 0.353 e. The molecule has 2 aliphatic rings. The number of nitrogens with one attached hydrogen (secondary N) is 3. The Kier molecular flexibility index (Phi) is 6.77. The molecule has 1 atom stereocenters. The number of carbonyl (C=O) groups is 2. The van der Waals surface area contributed by atoms with Crippen LogP contribution in [0, 0.1) is 0 Å². The van der Waals surface area contributed by atoms with E-state index in [0.717, 1.165) is 32.7 Å². The molecule has 2 rings (SSSR count). The molecule has 8 heteroatoms. The molecule has 6 nitrogen and oxygen atoms in total. The van der Waals surface area contributed by atoms with Crippen LogP contribution in [-0.4, -0.2) is 67.1 Å². The average Bonchev–Trinajstić information content (AvgIpc) is 2.77. The van der Waals surface area contributed by atoms with E-state index in [4.69, 9.17) is 0 Å². The Balaban J connectivity index is 0.00000162. The summed E-state index contributed by atoms with van der Waals surface area (Å²) in [5, 5.41) is 8.67. The first kappa shape index (κ1) is 15.6. The van der Waals surface area contributed by atoms with Gasteiger partial charge in [0.1, 0.15) is 6.04 Å². The third-order valence-corrected chi connectivity index (χ3v) is 3.81. The Morgan fingerprint density at radius 1 is 1.44 bits per heavy atom. The molecule has 2 saturated heterocycles. The standard InChI is InChI=1S/C10H18N4O2S.ClH/c15-9(8-7-17-10(16)13-8)12-3-6-14-4-1-11-2-5-14;/h8,11H,1-7H2,(H,12,15)(H,13,16);1H/t8-;/m0./s1. The number of hydrogen-bond donors (Lipinski definition) is 3.